The molecule has 6 heteroatoms. The number of ether oxygens (including phenoxy) is 3. The number of carboxylic acid groups (broad SMARTS) is 1. The van der Waals surface area contributed by atoms with Crippen LogP contribution in [0.5, 0.6) is 17.2 Å². The third kappa shape index (κ3) is 2.89. The van der Waals surface area contributed by atoms with Crippen LogP contribution in [-0.2, 0) is 0 Å². The molecule has 0 atom stereocenters. The molecule has 0 unspecified atom stereocenters. The summed E-state index contributed by atoms with van der Waals surface area (Å²) in [5.74, 6) is 0.542. The van der Waals surface area contributed by atoms with Gasteiger partial charge in [0.1, 0.15) is 17.2 Å². The number of rotatable bonds is 5. The van der Waals surface area contributed by atoms with E-state index in [0.29, 0.717) is 28.4 Å². The molecule has 2 rings (SSSR count). The van der Waals surface area contributed by atoms with E-state index >= 15 is 0 Å². The minimum Gasteiger partial charge on any atom is -0.497 e. The van der Waals surface area contributed by atoms with Crippen LogP contribution in [0.15, 0.2) is 30.5 Å². The lowest BCUT2D eigenvalue weighted by Gasteiger charge is -2.13. The average Bonchev–Trinajstić information content (AvgIpc) is 2.53. The first-order valence-corrected chi connectivity index (χ1v) is 6.10. The highest BCUT2D eigenvalue weighted by atomic mass is 16.5. The van der Waals surface area contributed by atoms with Crippen LogP contribution < -0.4 is 14.2 Å². The summed E-state index contributed by atoms with van der Waals surface area (Å²) in [4.78, 5) is 14.9. The number of aromatic nitrogens is 1. The maximum Gasteiger partial charge on any atom is 0.354 e. The number of hydrogen-bond acceptors (Lipinski definition) is 5. The average molecular weight is 289 g/mol. The topological polar surface area (TPSA) is 77.9 Å². The van der Waals surface area contributed by atoms with Crippen molar-refractivity contribution in [2.75, 3.05) is 21.3 Å². The minimum atomic E-state index is -1.11. The van der Waals surface area contributed by atoms with Crippen molar-refractivity contribution >= 4 is 5.97 Å². The molecular formula is C15H15NO5. The van der Waals surface area contributed by atoms with Gasteiger partial charge in [-0.1, -0.05) is 0 Å². The lowest BCUT2D eigenvalue weighted by Crippen LogP contribution is -2.02. The van der Waals surface area contributed by atoms with Crippen molar-refractivity contribution in [3.63, 3.8) is 0 Å². The molecule has 0 spiro atoms. The number of aromatic carboxylic acids is 1. The Labute approximate surface area is 121 Å². The number of carbonyl (C=O) groups is 1. The molecule has 21 heavy (non-hydrogen) atoms. The number of benzene rings is 1. The van der Waals surface area contributed by atoms with Crippen LogP contribution in [0.2, 0.25) is 0 Å². The van der Waals surface area contributed by atoms with Crippen molar-refractivity contribution in [3.05, 3.63) is 36.2 Å². The Morgan fingerprint density at radius 1 is 1.00 bits per heavy atom. The van der Waals surface area contributed by atoms with Crippen molar-refractivity contribution < 1.29 is 24.1 Å². The first-order chi connectivity index (χ1) is 10.1. The first-order valence-electron chi connectivity index (χ1n) is 6.10. The van der Waals surface area contributed by atoms with Crippen molar-refractivity contribution in [1.29, 1.82) is 0 Å². The highest BCUT2D eigenvalue weighted by Crippen LogP contribution is 2.38. The fraction of sp³-hybridized carbons (Fsp3) is 0.200. The van der Waals surface area contributed by atoms with E-state index in [-0.39, 0.29) is 5.69 Å². The molecule has 1 aromatic heterocycles. The second-order valence-corrected chi connectivity index (χ2v) is 4.14. The molecule has 1 aromatic carbocycles. The fourth-order valence-electron chi connectivity index (χ4n) is 1.95. The molecule has 6 nitrogen and oxygen atoms in total. The summed E-state index contributed by atoms with van der Waals surface area (Å²) in [6.07, 6.45) is 1.44. The molecule has 0 saturated heterocycles. The smallest absolute Gasteiger partial charge is 0.354 e. The highest BCUT2D eigenvalue weighted by molar-refractivity contribution is 5.87. The minimum absolute atomic E-state index is 0.0857. The van der Waals surface area contributed by atoms with Gasteiger partial charge in [-0.25, -0.2) is 9.78 Å². The molecule has 2 aromatic rings. The Morgan fingerprint density at radius 2 is 1.71 bits per heavy atom. The van der Waals surface area contributed by atoms with Gasteiger partial charge in [0.25, 0.3) is 0 Å². The lowest BCUT2D eigenvalue weighted by molar-refractivity contribution is 0.0690. The predicted molar refractivity (Wildman–Crippen MR) is 76.3 cm³/mol. The summed E-state index contributed by atoms with van der Waals surface area (Å²) >= 11 is 0. The Bertz CT molecular complexity index is 669. The van der Waals surface area contributed by atoms with E-state index in [1.54, 1.807) is 32.4 Å². The van der Waals surface area contributed by atoms with Crippen LogP contribution in [-0.4, -0.2) is 37.4 Å². The van der Waals surface area contributed by atoms with Crippen molar-refractivity contribution in [2.24, 2.45) is 0 Å². The summed E-state index contributed by atoms with van der Waals surface area (Å²) in [6, 6.07) is 6.68. The maximum absolute atomic E-state index is 11.0. The summed E-state index contributed by atoms with van der Waals surface area (Å²) in [5, 5.41) is 8.99. The number of methoxy groups -OCH3 is 3. The van der Waals surface area contributed by atoms with Crippen LogP contribution >= 0.6 is 0 Å². The van der Waals surface area contributed by atoms with Crippen LogP contribution in [0.1, 0.15) is 10.5 Å². The second-order valence-electron chi connectivity index (χ2n) is 4.14. The van der Waals surface area contributed by atoms with E-state index in [0.717, 1.165) is 0 Å². The van der Waals surface area contributed by atoms with Gasteiger partial charge < -0.3 is 19.3 Å². The highest BCUT2D eigenvalue weighted by Gasteiger charge is 2.16. The molecule has 1 heterocycles. The molecule has 0 saturated carbocycles. The van der Waals surface area contributed by atoms with Crippen LogP contribution in [0.3, 0.4) is 0 Å². The van der Waals surface area contributed by atoms with Gasteiger partial charge in [-0.15, -0.1) is 0 Å². The van der Waals surface area contributed by atoms with E-state index in [9.17, 15) is 4.79 Å². The van der Waals surface area contributed by atoms with Crippen molar-refractivity contribution in [2.45, 2.75) is 0 Å². The maximum atomic E-state index is 11.0. The Morgan fingerprint density at radius 3 is 2.29 bits per heavy atom. The van der Waals surface area contributed by atoms with E-state index in [1.807, 2.05) is 0 Å². The molecule has 0 aliphatic heterocycles. The van der Waals surface area contributed by atoms with Gasteiger partial charge in [-0.05, 0) is 18.2 Å². The van der Waals surface area contributed by atoms with Gasteiger partial charge in [-0.2, -0.15) is 0 Å². The van der Waals surface area contributed by atoms with E-state index in [4.69, 9.17) is 19.3 Å². The second kappa shape index (κ2) is 6.13. The Balaban J connectivity index is 2.62. The Kier molecular flexibility index (Phi) is 4.27. The van der Waals surface area contributed by atoms with E-state index in [1.165, 1.54) is 19.4 Å². The fourth-order valence-corrected chi connectivity index (χ4v) is 1.95. The summed E-state index contributed by atoms with van der Waals surface area (Å²) in [5.41, 5.74) is 1.24. The number of nitrogens with zero attached hydrogens (tertiary/aromatic N) is 1. The largest absolute Gasteiger partial charge is 0.497 e. The first kappa shape index (κ1) is 14.6. The summed E-state index contributed by atoms with van der Waals surface area (Å²) < 4.78 is 15.8. The molecular weight excluding hydrogens is 274 g/mol. The van der Waals surface area contributed by atoms with Gasteiger partial charge in [0.05, 0.1) is 21.3 Å². The number of hydrogen-bond donors (Lipinski definition) is 1. The zero-order valence-corrected chi connectivity index (χ0v) is 11.9. The van der Waals surface area contributed by atoms with Crippen molar-refractivity contribution in [3.8, 4) is 28.4 Å². The number of carboxylic acids is 1. The van der Waals surface area contributed by atoms with Gasteiger partial charge in [-0.3, -0.25) is 0 Å². The molecule has 0 bridgehead atoms. The van der Waals surface area contributed by atoms with Crippen LogP contribution in [0, 0.1) is 0 Å². The Hall–Kier alpha value is -2.76. The lowest BCUT2D eigenvalue weighted by atomic mass is 10.0. The molecule has 0 fully saturated rings. The van der Waals surface area contributed by atoms with Crippen LogP contribution in [0.25, 0.3) is 11.1 Å². The van der Waals surface area contributed by atoms with Gasteiger partial charge in [0.15, 0.2) is 5.69 Å². The van der Waals surface area contributed by atoms with Crippen molar-refractivity contribution in [1.82, 2.24) is 4.98 Å². The molecule has 110 valence electrons. The normalized spacial score (nSPS) is 10.0. The monoisotopic (exact) mass is 289 g/mol. The standard InChI is InChI=1S/C15H15NO5/c1-19-9-4-5-13(20-2)10(6-9)11-8-16-12(15(17)18)7-14(11)21-3/h4-8H,1-3H3,(H,17,18). The summed E-state index contributed by atoms with van der Waals surface area (Å²) in [6.45, 7) is 0. The van der Waals surface area contributed by atoms with Gasteiger partial charge >= 0.3 is 5.97 Å². The van der Waals surface area contributed by atoms with Gasteiger partial charge in [0.2, 0.25) is 0 Å². The molecule has 0 radical (unpaired) electrons. The molecule has 1 N–H and O–H groups in total. The van der Waals surface area contributed by atoms with Crippen LogP contribution in [0.4, 0.5) is 0 Å². The molecule has 0 amide bonds. The molecule has 0 aliphatic rings. The third-order valence-corrected chi connectivity index (χ3v) is 3.00. The third-order valence-electron chi connectivity index (χ3n) is 3.00. The summed E-state index contributed by atoms with van der Waals surface area (Å²) in [7, 11) is 4.59. The predicted octanol–water partition coefficient (Wildman–Crippen LogP) is 2.47. The van der Waals surface area contributed by atoms with Gasteiger partial charge in [0, 0.05) is 23.4 Å². The molecule has 0 aliphatic carbocycles. The zero-order chi connectivity index (χ0) is 15.4. The number of pyridine rings is 1. The quantitative estimate of drug-likeness (QED) is 0.911. The van der Waals surface area contributed by atoms with E-state index in [2.05, 4.69) is 4.98 Å². The zero-order valence-electron chi connectivity index (χ0n) is 11.9. The van der Waals surface area contributed by atoms with E-state index < -0.39 is 5.97 Å². The SMILES string of the molecule is COc1ccc(OC)c(-c2cnc(C(=O)O)cc2OC)c1.